The van der Waals surface area contributed by atoms with Gasteiger partial charge in [-0.3, -0.25) is 0 Å². The zero-order chi connectivity index (χ0) is 13.0. The number of hydrogen-bond donors (Lipinski definition) is 0. The molecule has 0 N–H and O–H groups in total. The SMILES string of the molecule is COC(=O)c1occc1CSc1ccccc1F. The van der Waals surface area contributed by atoms with Gasteiger partial charge in [-0.25, -0.2) is 9.18 Å². The van der Waals surface area contributed by atoms with Crippen molar-refractivity contribution >= 4 is 17.7 Å². The van der Waals surface area contributed by atoms with E-state index in [2.05, 4.69) is 4.74 Å². The van der Waals surface area contributed by atoms with Crippen LogP contribution in [0.3, 0.4) is 0 Å². The van der Waals surface area contributed by atoms with Crippen LogP contribution in [0.15, 0.2) is 45.9 Å². The molecule has 0 fully saturated rings. The minimum atomic E-state index is -0.524. The van der Waals surface area contributed by atoms with Gasteiger partial charge in [0.2, 0.25) is 5.76 Å². The van der Waals surface area contributed by atoms with Crippen LogP contribution in [0.2, 0.25) is 0 Å². The zero-order valence-electron chi connectivity index (χ0n) is 9.68. The molecule has 0 radical (unpaired) electrons. The molecule has 0 saturated heterocycles. The summed E-state index contributed by atoms with van der Waals surface area (Å²) in [6.07, 6.45) is 1.42. The van der Waals surface area contributed by atoms with Gasteiger partial charge in [0.1, 0.15) is 5.82 Å². The fraction of sp³-hybridized carbons (Fsp3) is 0.154. The zero-order valence-corrected chi connectivity index (χ0v) is 10.5. The molecule has 18 heavy (non-hydrogen) atoms. The number of methoxy groups -OCH3 is 1. The fourth-order valence-electron chi connectivity index (χ4n) is 1.44. The Labute approximate surface area is 108 Å². The molecular formula is C13H11FO3S. The second kappa shape index (κ2) is 5.73. The van der Waals surface area contributed by atoms with Crippen LogP contribution >= 0.6 is 11.8 Å². The topological polar surface area (TPSA) is 39.4 Å². The van der Waals surface area contributed by atoms with Gasteiger partial charge in [0.25, 0.3) is 0 Å². The lowest BCUT2D eigenvalue weighted by atomic mass is 10.3. The van der Waals surface area contributed by atoms with Gasteiger partial charge in [-0.2, -0.15) is 0 Å². The maximum Gasteiger partial charge on any atom is 0.374 e. The number of esters is 1. The summed E-state index contributed by atoms with van der Waals surface area (Å²) in [6, 6.07) is 8.18. The molecule has 5 heteroatoms. The molecule has 0 saturated carbocycles. The van der Waals surface area contributed by atoms with Crippen molar-refractivity contribution in [3.8, 4) is 0 Å². The van der Waals surface area contributed by atoms with E-state index in [1.807, 2.05) is 0 Å². The van der Waals surface area contributed by atoms with Crippen LogP contribution in [0.25, 0.3) is 0 Å². The summed E-state index contributed by atoms with van der Waals surface area (Å²) in [5.74, 6) is -0.182. The van der Waals surface area contributed by atoms with Crippen molar-refractivity contribution in [2.24, 2.45) is 0 Å². The van der Waals surface area contributed by atoms with Crippen LogP contribution < -0.4 is 0 Å². The Bertz CT molecular complexity index is 551. The van der Waals surface area contributed by atoms with Crippen LogP contribution in [0, 0.1) is 5.82 Å². The molecule has 0 bridgehead atoms. The molecule has 2 rings (SSSR count). The van der Waals surface area contributed by atoms with Crippen molar-refractivity contribution < 1.29 is 18.3 Å². The Morgan fingerprint density at radius 1 is 1.39 bits per heavy atom. The second-order valence-electron chi connectivity index (χ2n) is 3.49. The fourth-order valence-corrected chi connectivity index (χ4v) is 2.36. The van der Waals surface area contributed by atoms with Crippen molar-refractivity contribution in [2.45, 2.75) is 10.6 Å². The van der Waals surface area contributed by atoms with E-state index < -0.39 is 5.97 Å². The molecule has 0 amide bonds. The van der Waals surface area contributed by atoms with E-state index in [1.54, 1.807) is 24.3 Å². The van der Waals surface area contributed by atoms with Crippen molar-refractivity contribution in [2.75, 3.05) is 7.11 Å². The largest absolute Gasteiger partial charge is 0.463 e. The highest BCUT2D eigenvalue weighted by atomic mass is 32.2. The molecule has 1 heterocycles. The Hall–Kier alpha value is -1.75. The number of ether oxygens (including phenoxy) is 1. The molecule has 0 aliphatic heterocycles. The first-order valence-corrected chi connectivity index (χ1v) is 6.23. The third-order valence-electron chi connectivity index (χ3n) is 2.34. The van der Waals surface area contributed by atoms with Gasteiger partial charge >= 0.3 is 5.97 Å². The summed E-state index contributed by atoms with van der Waals surface area (Å²) < 4.78 is 23.1. The van der Waals surface area contributed by atoms with Gasteiger partial charge in [0.05, 0.1) is 13.4 Å². The van der Waals surface area contributed by atoms with Crippen molar-refractivity contribution in [3.63, 3.8) is 0 Å². The third-order valence-corrected chi connectivity index (χ3v) is 3.43. The normalized spacial score (nSPS) is 10.3. The molecule has 2 aromatic rings. The summed E-state index contributed by atoms with van der Waals surface area (Å²) in [7, 11) is 1.29. The molecule has 0 spiro atoms. The number of hydrogen-bond acceptors (Lipinski definition) is 4. The van der Waals surface area contributed by atoms with Crippen LogP contribution in [-0.2, 0) is 10.5 Å². The lowest BCUT2D eigenvalue weighted by Crippen LogP contribution is -2.02. The first kappa shape index (κ1) is 12.7. The number of rotatable bonds is 4. The van der Waals surface area contributed by atoms with Gasteiger partial charge in [0.15, 0.2) is 0 Å². The van der Waals surface area contributed by atoms with E-state index in [1.165, 1.54) is 31.2 Å². The average Bonchev–Trinajstić information content (AvgIpc) is 2.85. The molecule has 0 unspecified atom stereocenters. The van der Waals surface area contributed by atoms with Crippen LogP contribution in [0.5, 0.6) is 0 Å². The number of halogens is 1. The van der Waals surface area contributed by atoms with Crippen molar-refractivity contribution in [3.05, 3.63) is 53.7 Å². The Morgan fingerprint density at radius 2 is 2.17 bits per heavy atom. The van der Waals surface area contributed by atoms with Gasteiger partial charge in [-0.05, 0) is 18.2 Å². The molecule has 0 aliphatic carbocycles. The average molecular weight is 266 g/mol. The smallest absolute Gasteiger partial charge is 0.374 e. The van der Waals surface area contributed by atoms with Gasteiger partial charge < -0.3 is 9.15 Å². The molecule has 94 valence electrons. The van der Waals surface area contributed by atoms with Crippen LogP contribution in [-0.4, -0.2) is 13.1 Å². The molecule has 1 aromatic carbocycles. The summed E-state index contributed by atoms with van der Waals surface area (Å²) >= 11 is 1.30. The Kier molecular flexibility index (Phi) is 4.04. The molecular weight excluding hydrogens is 255 g/mol. The first-order valence-electron chi connectivity index (χ1n) is 5.24. The van der Waals surface area contributed by atoms with E-state index in [0.29, 0.717) is 16.2 Å². The standard InChI is InChI=1S/C13H11FO3S/c1-16-13(15)12-9(6-7-17-12)8-18-11-5-3-2-4-10(11)14/h2-7H,8H2,1H3. The highest BCUT2D eigenvalue weighted by Crippen LogP contribution is 2.27. The Balaban J connectivity index is 2.09. The number of carbonyl (C=O) groups is 1. The second-order valence-corrected chi connectivity index (χ2v) is 4.50. The van der Waals surface area contributed by atoms with Crippen molar-refractivity contribution in [1.82, 2.24) is 0 Å². The summed E-state index contributed by atoms with van der Waals surface area (Å²) in [5.41, 5.74) is 0.690. The summed E-state index contributed by atoms with van der Waals surface area (Å²) in [4.78, 5) is 11.9. The quantitative estimate of drug-likeness (QED) is 0.627. The minimum absolute atomic E-state index is 0.168. The minimum Gasteiger partial charge on any atom is -0.463 e. The van der Waals surface area contributed by atoms with Gasteiger partial charge in [-0.1, -0.05) is 12.1 Å². The maximum atomic E-state index is 13.4. The molecule has 1 aromatic heterocycles. The predicted molar refractivity (Wildman–Crippen MR) is 66.0 cm³/mol. The van der Waals surface area contributed by atoms with Crippen LogP contribution in [0.4, 0.5) is 4.39 Å². The van der Waals surface area contributed by atoms with E-state index in [0.717, 1.165) is 0 Å². The molecule has 0 aliphatic rings. The van der Waals surface area contributed by atoms with Gasteiger partial charge in [0, 0.05) is 16.2 Å². The first-order chi connectivity index (χ1) is 8.72. The van der Waals surface area contributed by atoms with E-state index in [4.69, 9.17) is 4.42 Å². The number of thioether (sulfide) groups is 1. The number of benzene rings is 1. The highest BCUT2D eigenvalue weighted by molar-refractivity contribution is 7.98. The monoisotopic (exact) mass is 266 g/mol. The summed E-state index contributed by atoms with van der Waals surface area (Å²) in [5, 5.41) is 0. The van der Waals surface area contributed by atoms with E-state index in [9.17, 15) is 9.18 Å². The highest BCUT2D eigenvalue weighted by Gasteiger charge is 2.16. The lowest BCUT2D eigenvalue weighted by Gasteiger charge is -2.02. The molecule has 3 nitrogen and oxygen atoms in total. The number of carbonyl (C=O) groups excluding carboxylic acids is 1. The van der Waals surface area contributed by atoms with Crippen LogP contribution in [0.1, 0.15) is 16.1 Å². The maximum absolute atomic E-state index is 13.4. The third kappa shape index (κ3) is 2.73. The predicted octanol–water partition coefficient (Wildman–Crippen LogP) is 3.50. The van der Waals surface area contributed by atoms with E-state index >= 15 is 0 Å². The lowest BCUT2D eigenvalue weighted by molar-refractivity contribution is 0.0564. The number of furan rings is 1. The van der Waals surface area contributed by atoms with E-state index in [-0.39, 0.29) is 11.6 Å². The Morgan fingerprint density at radius 3 is 2.89 bits per heavy atom. The van der Waals surface area contributed by atoms with Gasteiger partial charge in [-0.15, -0.1) is 11.8 Å². The van der Waals surface area contributed by atoms with Crippen molar-refractivity contribution in [1.29, 1.82) is 0 Å². The summed E-state index contributed by atoms with van der Waals surface area (Å²) in [6.45, 7) is 0. The molecule has 0 atom stereocenters.